The van der Waals surface area contributed by atoms with Crippen LogP contribution in [0.4, 0.5) is 0 Å². The highest BCUT2D eigenvalue weighted by molar-refractivity contribution is 7.95. The average Bonchev–Trinajstić information content (AvgIpc) is 3.05. The van der Waals surface area contributed by atoms with Crippen LogP contribution in [0.5, 0.6) is 0 Å². The van der Waals surface area contributed by atoms with E-state index in [0.29, 0.717) is 11.8 Å². The molecule has 0 aromatic carbocycles. The van der Waals surface area contributed by atoms with Crippen LogP contribution in [0.15, 0.2) is 58.6 Å². The van der Waals surface area contributed by atoms with Crippen molar-refractivity contribution in [2.24, 2.45) is 17.3 Å². The first-order chi connectivity index (χ1) is 14.8. The molecule has 0 heterocycles. The molecule has 0 bridgehead atoms. The molecule has 0 aliphatic heterocycles. The zero-order valence-corrected chi connectivity index (χ0v) is 21.5. The van der Waals surface area contributed by atoms with Crippen LogP contribution in [0.2, 0.25) is 0 Å². The van der Waals surface area contributed by atoms with Crippen LogP contribution in [0, 0.1) is 17.3 Å². The lowest BCUT2D eigenvalue weighted by Gasteiger charge is -2.42. The van der Waals surface area contributed by atoms with Crippen LogP contribution in [0.1, 0.15) is 86.0 Å². The lowest BCUT2D eigenvalue weighted by molar-refractivity contribution is 0.158. The second kappa shape index (κ2) is 9.46. The Morgan fingerprint density at radius 3 is 2.69 bits per heavy atom. The molecule has 0 saturated heterocycles. The molecule has 0 spiro atoms. The molecule has 3 rings (SSSR count). The van der Waals surface area contributed by atoms with Crippen LogP contribution >= 0.6 is 0 Å². The van der Waals surface area contributed by atoms with Gasteiger partial charge < -0.3 is 5.11 Å². The van der Waals surface area contributed by atoms with Gasteiger partial charge in [-0.2, -0.15) is 0 Å². The van der Waals surface area contributed by atoms with E-state index in [-0.39, 0.29) is 11.5 Å². The number of allylic oxidation sites excluding steroid dienone is 7. The van der Waals surface area contributed by atoms with Crippen LogP contribution in [-0.2, 0) is 9.84 Å². The Morgan fingerprint density at radius 1 is 1.28 bits per heavy atom. The molecule has 4 atom stereocenters. The van der Waals surface area contributed by atoms with Gasteiger partial charge in [0, 0.05) is 5.41 Å². The third-order valence-electron chi connectivity index (χ3n) is 7.95. The maximum atomic E-state index is 12.4. The Balaban J connectivity index is 1.73. The van der Waals surface area contributed by atoms with Crippen molar-refractivity contribution >= 4 is 9.84 Å². The molecule has 0 aromatic heterocycles. The van der Waals surface area contributed by atoms with E-state index in [9.17, 15) is 13.5 Å². The van der Waals surface area contributed by atoms with Gasteiger partial charge in [-0.3, -0.25) is 0 Å². The van der Waals surface area contributed by atoms with Crippen molar-refractivity contribution in [1.82, 2.24) is 0 Å². The standard InChI is InChI=1S/C28H42O3S/c1-20-11-14-24(29)19-23(20)13-12-22-10-7-17-28(6)25(15-16-26(22)28)21(2)9-8-18-32(30,31)27(3,4)5/h8,12-13,15,18,21,24,26,29H,1,7,9-11,14,16-17,19H2,2-6H3. The molecule has 0 amide bonds. The van der Waals surface area contributed by atoms with Crippen molar-refractivity contribution < 1.29 is 13.5 Å². The third-order valence-corrected chi connectivity index (χ3v) is 10.2. The first-order valence-electron chi connectivity index (χ1n) is 12.2. The first kappa shape index (κ1) is 25.2. The number of aliphatic hydroxyl groups is 1. The zero-order valence-electron chi connectivity index (χ0n) is 20.7. The van der Waals surface area contributed by atoms with Gasteiger partial charge in [0.1, 0.15) is 0 Å². The van der Waals surface area contributed by atoms with Gasteiger partial charge in [-0.15, -0.1) is 0 Å². The van der Waals surface area contributed by atoms with Gasteiger partial charge in [0.05, 0.1) is 10.9 Å². The van der Waals surface area contributed by atoms with Gasteiger partial charge >= 0.3 is 0 Å². The zero-order chi connectivity index (χ0) is 23.7. The summed E-state index contributed by atoms with van der Waals surface area (Å²) in [4.78, 5) is 0. The van der Waals surface area contributed by atoms with Gasteiger partial charge in [0.15, 0.2) is 9.84 Å². The van der Waals surface area contributed by atoms with Gasteiger partial charge in [0.2, 0.25) is 0 Å². The van der Waals surface area contributed by atoms with E-state index in [4.69, 9.17) is 0 Å². The van der Waals surface area contributed by atoms with E-state index in [1.807, 2.05) is 6.08 Å². The van der Waals surface area contributed by atoms with E-state index in [1.54, 1.807) is 20.8 Å². The lowest BCUT2D eigenvalue weighted by Crippen LogP contribution is -2.32. The summed E-state index contributed by atoms with van der Waals surface area (Å²) in [5.41, 5.74) is 5.54. The fourth-order valence-electron chi connectivity index (χ4n) is 5.73. The summed E-state index contributed by atoms with van der Waals surface area (Å²) in [6, 6.07) is 0. The minimum absolute atomic E-state index is 0.155. The summed E-state index contributed by atoms with van der Waals surface area (Å²) in [5, 5.41) is 11.5. The van der Waals surface area contributed by atoms with E-state index in [2.05, 4.69) is 38.7 Å². The normalized spacial score (nSPS) is 33.1. The minimum Gasteiger partial charge on any atom is -0.393 e. The predicted molar refractivity (Wildman–Crippen MR) is 135 cm³/mol. The fourth-order valence-corrected chi connectivity index (χ4v) is 6.50. The van der Waals surface area contributed by atoms with E-state index < -0.39 is 14.6 Å². The second-order valence-electron chi connectivity index (χ2n) is 11.3. The molecular weight excluding hydrogens is 416 g/mol. The van der Waals surface area contributed by atoms with Gasteiger partial charge in [-0.25, -0.2) is 8.42 Å². The van der Waals surface area contributed by atoms with Crippen LogP contribution in [-0.4, -0.2) is 24.4 Å². The Bertz CT molecular complexity index is 955. The van der Waals surface area contributed by atoms with Gasteiger partial charge in [-0.1, -0.05) is 61.4 Å². The Morgan fingerprint density at radius 2 is 2.00 bits per heavy atom. The minimum atomic E-state index is -3.23. The van der Waals surface area contributed by atoms with Crippen molar-refractivity contribution in [2.75, 3.05) is 0 Å². The summed E-state index contributed by atoms with van der Waals surface area (Å²) < 4.78 is 24.0. The van der Waals surface area contributed by atoms with Gasteiger partial charge in [0.25, 0.3) is 0 Å². The quantitative estimate of drug-likeness (QED) is 0.459. The maximum absolute atomic E-state index is 12.4. The smallest absolute Gasteiger partial charge is 0.176 e. The largest absolute Gasteiger partial charge is 0.393 e. The molecule has 2 fully saturated rings. The molecule has 0 aromatic rings. The Hall–Kier alpha value is -1.39. The molecule has 0 radical (unpaired) electrons. The number of fused-ring (bicyclic) bond motifs is 1. The molecule has 3 aliphatic rings. The molecule has 3 aliphatic carbocycles. The summed E-state index contributed by atoms with van der Waals surface area (Å²) >= 11 is 0. The maximum Gasteiger partial charge on any atom is 0.176 e. The molecule has 178 valence electrons. The Kier molecular flexibility index (Phi) is 7.46. The molecule has 3 nitrogen and oxygen atoms in total. The van der Waals surface area contributed by atoms with Crippen molar-refractivity contribution in [1.29, 1.82) is 0 Å². The number of aliphatic hydroxyl groups excluding tert-OH is 1. The van der Waals surface area contributed by atoms with E-state index >= 15 is 0 Å². The van der Waals surface area contributed by atoms with E-state index in [0.717, 1.165) is 38.5 Å². The summed E-state index contributed by atoms with van der Waals surface area (Å²) in [7, 11) is -3.23. The van der Waals surface area contributed by atoms with Gasteiger partial charge in [-0.05, 0) is 95.0 Å². The average molecular weight is 459 g/mol. The van der Waals surface area contributed by atoms with Crippen molar-refractivity contribution in [3.8, 4) is 0 Å². The molecule has 4 unspecified atom stereocenters. The monoisotopic (exact) mass is 458 g/mol. The molecule has 1 N–H and O–H groups in total. The fraction of sp³-hybridized carbons (Fsp3) is 0.643. The van der Waals surface area contributed by atoms with Crippen molar-refractivity contribution in [3.63, 3.8) is 0 Å². The molecule has 4 heteroatoms. The molecule has 2 saturated carbocycles. The van der Waals surface area contributed by atoms with Crippen LogP contribution < -0.4 is 0 Å². The van der Waals surface area contributed by atoms with Crippen molar-refractivity contribution in [2.45, 2.75) is 96.8 Å². The number of sulfone groups is 1. The highest BCUT2D eigenvalue weighted by atomic mass is 32.2. The van der Waals surface area contributed by atoms with E-state index in [1.165, 1.54) is 40.5 Å². The highest BCUT2D eigenvalue weighted by Gasteiger charge is 2.45. The first-order valence-corrected chi connectivity index (χ1v) is 13.8. The van der Waals surface area contributed by atoms with Crippen LogP contribution in [0.3, 0.4) is 0 Å². The number of hydrogen-bond donors (Lipinski definition) is 1. The number of rotatable bonds is 5. The SMILES string of the molecule is C=C1CCC(O)CC1=CC=C1CCCC2(C)C(C(C)CC=CS(=O)(=O)C(C)(C)C)=CCC12. The second-order valence-corrected chi connectivity index (χ2v) is 13.9. The predicted octanol–water partition coefficient (Wildman–Crippen LogP) is 6.83. The topological polar surface area (TPSA) is 54.4 Å². The summed E-state index contributed by atoms with van der Waals surface area (Å²) in [6.07, 6.45) is 16.3. The summed E-state index contributed by atoms with van der Waals surface area (Å²) in [5.74, 6) is 0.858. The molecular formula is C28H42O3S. The Labute approximate surface area is 196 Å². The molecule has 32 heavy (non-hydrogen) atoms. The lowest BCUT2D eigenvalue weighted by atomic mass is 9.62. The summed E-state index contributed by atoms with van der Waals surface area (Å²) in [6.45, 7) is 14.1. The van der Waals surface area contributed by atoms with Crippen molar-refractivity contribution in [3.05, 3.63) is 58.6 Å². The van der Waals surface area contributed by atoms with Crippen LogP contribution in [0.25, 0.3) is 0 Å². The number of hydrogen-bond acceptors (Lipinski definition) is 3. The third kappa shape index (κ3) is 5.22. The highest BCUT2D eigenvalue weighted by Crippen LogP contribution is 2.57.